The van der Waals surface area contributed by atoms with Gasteiger partial charge in [-0.1, -0.05) is 37.9 Å². The van der Waals surface area contributed by atoms with Crippen LogP contribution in [0.5, 0.6) is 0 Å². The van der Waals surface area contributed by atoms with E-state index in [9.17, 15) is 9.59 Å². The minimum absolute atomic E-state index is 0.138. The molecule has 0 spiro atoms. The molecule has 2 rings (SSSR count). The number of nitrogens with zero attached hydrogens (tertiary/aromatic N) is 1. The summed E-state index contributed by atoms with van der Waals surface area (Å²) in [6.45, 7) is 3.77. The molecule has 4 nitrogen and oxygen atoms in total. The van der Waals surface area contributed by atoms with E-state index in [4.69, 9.17) is 0 Å². The van der Waals surface area contributed by atoms with Gasteiger partial charge < -0.3 is 4.90 Å². The third kappa shape index (κ3) is 4.25. The summed E-state index contributed by atoms with van der Waals surface area (Å²) >= 11 is 0. The molecule has 19 heavy (non-hydrogen) atoms. The molecule has 0 radical (unpaired) electrons. The van der Waals surface area contributed by atoms with E-state index in [2.05, 4.69) is 20.1 Å². The highest BCUT2D eigenvalue weighted by Crippen LogP contribution is 2.38. The monoisotopic (exact) mass is 264 g/mol. The van der Waals surface area contributed by atoms with Crippen LogP contribution >= 0.6 is 0 Å². The Hall–Kier alpha value is -0.995. The van der Waals surface area contributed by atoms with Crippen molar-refractivity contribution in [1.29, 1.82) is 0 Å². The van der Waals surface area contributed by atoms with Crippen LogP contribution in [0.4, 0.5) is 4.79 Å². The summed E-state index contributed by atoms with van der Waals surface area (Å²) in [6, 6.07) is -0.196. The molecule has 106 valence electrons. The predicted octanol–water partition coefficient (Wildman–Crippen LogP) is 1.71. The van der Waals surface area contributed by atoms with E-state index in [1.807, 2.05) is 4.90 Å². The van der Waals surface area contributed by atoms with Crippen LogP contribution in [0.25, 0.3) is 0 Å². The van der Waals surface area contributed by atoms with E-state index < -0.39 is 0 Å². The smallest absolute Gasteiger partial charge is 0.324 e. The number of rotatable bonds is 2. The van der Waals surface area contributed by atoms with Crippen molar-refractivity contribution in [3.05, 3.63) is 0 Å². The van der Waals surface area contributed by atoms with Gasteiger partial charge in [-0.2, -0.15) is 0 Å². The lowest BCUT2D eigenvalue weighted by atomic mass is 9.63. The summed E-state index contributed by atoms with van der Waals surface area (Å²) < 4.78 is 0. The standard InChI is InChI=1S/C14H25BN2O2/c1-14(15)7-2-4-11(5-3-8-14)10-17-9-6-12(18)16-13(17)19/h11H,2-10,15H2,1H3,(H,16,18,19). The molecule has 1 aliphatic heterocycles. The third-order valence-electron chi connectivity index (χ3n) is 4.55. The first kappa shape index (κ1) is 14.4. The van der Waals surface area contributed by atoms with Gasteiger partial charge in [-0.25, -0.2) is 4.79 Å². The molecule has 0 aromatic carbocycles. The molecule has 1 saturated heterocycles. The van der Waals surface area contributed by atoms with Crippen molar-refractivity contribution in [1.82, 2.24) is 10.2 Å². The largest absolute Gasteiger partial charge is 0.324 e. The van der Waals surface area contributed by atoms with Gasteiger partial charge in [0.1, 0.15) is 7.85 Å². The zero-order valence-electron chi connectivity index (χ0n) is 12.2. The second kappa shape index (κ2) is 5.97. The lowest BCUT2D eigenvalue weighted by molar-refractivity contribution is -0.121. The van der Waals surface area contributed by atoms with Crippen molar-refractivity contribution >= 4 is 19.8 Å². The Kier molecular flexibility index (Phi) is 4.53. The normalized spacial score (nSPS) is 33.5. The van der Waals surface area contributed by atoms with Crippen molar-refractivity contribution in [2.45, 2.75) is 57.2 Å². The number of nitrogens with one attached hydrogen (secondary N) is 1. The molecule has 1 aliphatic carbocycles. The molecule has 0 unspecified atom stereocenters. The average molecular weight is 264 g/mol. The van der Waals surface area contributed by atoms with Gasteiger partial charge in [0.05, 0.1) is 0 Å². The highest BCUT2D eigenvalue weighted by atomic mass is 16.2. The zero-order chi connectivity index (χ0) is 13.9. The number of carbonyl (C=O) groups is 2. The lowest BCUT2D eigenvalue weighted by Gasteiger charge is -2.33. The van der Waals surface area contributed by atoms with Crippen LogP contribution in [0.2, 0.25) is 5.31 Å². The van der Waals surface area contributed by atoms with Crippen molar-refractivity contribution in [3.8, 4) is 0 Å². The zero-order valence-corrected chi connectivity index (χ0v) is 12.2. The second-order valence-electron chi connectivity index (χ2n) is 6.86. The van der Waals surface area contributed by atoms with Crippen LogP contribution in [-0.4, -0.2) is 37.8 Å². The van der Waals surface area contributed by atoms with Gasteiger partial charge >= 0.3 is 6.03 Å². The molecular formula is C14H25BN2O2. The quantitative estimate of drug-likeness (QED) is 0.772. The van der Waals surface area contributed by atoms with E-state index in [-0.39, 0.29) is 11.9 Å². The van der Waals surface area contributed by atoms with Gasteiger partial charge in [0.15, 0.2) is 0 Å². The maximum atomic E-state index is 11.7. The first-order valence-electron chi connectivity index (χ1n) is 7.55. The Labute approximate surface area is 116 Å². The van der Waals surface area contributed by atoms with Crippen LogP contribution < -0.4 is 5.32 Å². The van der Waals surface area contributed by atoms with Gasteiger partial charge in [0, 0.05) is 19.5 Å². The molecule has 1 N–H and O–H groups in total. The van der Waals surface area contributed by atoms with Crippen molar-refractivity contribution < 1.29 is 9.59 Å². The lowest BCUT2D eigenvalue weighted by Crippen LogP contribution is -2.50. The predicted molar refractivity (Wildman–Crippen MR) is 77.8 cm³/mol. The maximum absolute atomic E-state index is 11.7. The number of carbonyl (C=O) groups excluding carboxylic acids is 2. The number of amides is 3. The average Bonchev–Trinajstić information content (AvgIpc) is 2.29. The molecule has 0 bridgehead atoms. The summed E-state index contributed by atoms with van der Waals surface area (Å²) in [5, 5.41) is 2.89. The molecule has 0 aromatic heterocycles. The van der Waals surface area contributed by atoms with Gasteiger partial charge in [0.25, 0.3) is 0 Å². The summed E-state index contributed by atoms with van der Waals surface area (Å²) in [7, 11) is 2.36. The molecule has 0 atom stereocenters. The van der Waals surface area contributed by atoms with E-state index in [1.165, 1.54) is 38.5 Å². The fraction of sp³-hybridized carbons (Fsp3) is 0.857. The molecule has 2 aliphatic rings. The van der Waals surface area contributed by atoms with Crippen LogP contribution in [0.3, 0.4) is 0 Å². The van der Waals surface area contributed by atoms with Crippen LogP contribution in [0.15, 0.2) is 0 Å². The van der Waals surface area contributed by atoms with E-state index >= 15 is 0 Å². The van der Waals surface area contributed by atoms with E-state index in [1.54, 1.807) is 0 Å². The molecule has 3 amide bonds. The number of urea groups is 1. The fourth-order valence-electron chi connectivity index (χ4n) is 3.28. The van der Waals surface area contributed by atoms with Crippen molar-refractivity contribution in [2.24, 2.45) is 5.92 Å². The Morgan fingerprint density at radius 1 is 1.32 bits per heavy atom. The Balaban J connectivity index is 1.82. The van der Waals surface area contributed by atoms with E-state index in [0.717, 1.165) is 6.54 Å². The van der Waals surface area contributed by atoms with Crippen LogP contribution in [0, 0.1) is 5.92 Å². The third-order valence-corrected chi connectivity index (χ3v) is 4.55. The summed E-state index contributed by atoms with van der Waals surface area (Å²) in [4.78, 5) is 24.7. The van der Waals surface area contributed by atoms with Gasteiger partial charge in [-0.05, 0) is 18.8 Å². The number of hydrogen-bond donors (Lipinski definition) is 1. The molecule has 1 saturated carbocycles. The highest BCUT2D eigenvalue weighted by molar-refractivity contribution is 6.14. The SMILES string of the molecule is BC1(C)CCCC(CN2CCC(=O)NC2=O)CCC1. The minimum atomic E-state index is -0.196. The molecule has 5 heteroatoms. The van der Waals surface area contributed by atoms with Crippen molar-refractivity contribution in [3.63, 3.8) is 0 Å². The minimum Gasteiger partial charge on any atom is -0.324 e. The summed E-state index contributed by atoms with van der Waals surface area (Å²) in [5.74, 6) is 0.468. The topological polar surface area (TPSA) is 49.4 Å². The number of hydrogen-bond acceptors (Lipinski definition) is 2. The Morgan fingerprint density at radius 3 is 2.53 bits per heavy atom. The molecular weight excluding hydrogens is 239 g/mol. The Bertz CT molecular complexity index is 345. The molecule has 1 heterocycles. The first-order valence-corrected chi connectivity index (χ1v) is 7.55. The number of imide groups is 1. The summed E-state index contributed by atoms with van der Waals surface area (Å²) in [5.41, 5.74) is 0. The van der Waals surface area contributed by atoms with Gasteiger partial charge in [-0.15, -0.1) is 0 Å². The van der Waals surface area contributed by atoms with Gasteiger partial charge in [-0.3, -0.25) is 10.1 Å². The first-order chi connectivity index (χ1) is 8.96. The van der Waals surface area contributed by atoms with E-state index in [0.29, 0.717) is 24.2 Å². The fourth-order valence-corrected chi connectivity index (χ4v) is 3.28. The molecule has 2 fully saturated rings. The molecule has 0 aromatic rings. The Morgan fingerprint density at radius 2 is 1.95 bits per heavy atom. The van der Waals surface area contributed by atoms with Crippen LogP contribution in [0.1, 0.15) is 51.9 Å². The van der Waals surface area contributed by atoms with Gasteiger partial charge in [0.2, 0.25) is 5.91 Å². The highest BCUT2D eigenvalue weighted by Gasteiger charge is 2.27. The second-order valence-corrected chi connectivity index (χ2v) is 6.86. The van der Waals surface area contributed by atoms with Crippen molar-refractivity contribution in [2.75, 3.05) is 13.1 Å². The summed E-state index contributed by atoms with van der Waals surface area (Å²) in [6.07, 6.45) is 7.95. The maximum Gasteiger partial charge on any atom is 0.324 e. The van der Waals surface area contributed by atoms with Crippen LogP contribution in [-0.2, 0) is 4.79 Å².